The highest BCUT2D eigenvalue weighted by molar-refractivity contribution is 5.83. The molecule has 4 aromatic rings. The van der Waals surface area contributed by atoms with Crippen LogP contribution in [0.4, 0.5) is 5.95 Å². The van der Waals surface area contributed by atoms with Crippen LogP contribution in [0.1, 0.15) is 0 Å². The lowest BCUT2D eigenvalue weighted by Gasteiger charge is -2.07. The maximum Gasteiger partial charge on any atom is 0.222 e. The summed E-state index contributed by atoms with van der Waals surface area (Å²) >= 11 is 0. The quantitative estimate of drug-likeness (QED) is 0.592. The van der Waals surface area contributed by atoms with E-state index in [-0.39, 0.29) is 11.7 Å². The summed E-state index contributed by atoms with van der Waals surface area (Å²) < 4.78 is 7.25. The van der Waals surface area contributed by atoms with Gasteiger partial charge >= 0.3 is 0 Å². The number of nitrogens with zero attached hydrogens (tertiary/aromatic N) is 3. The number of phenolic OH excluding ortho intramolecular Hbond substituents is 1. The molecule has 22 heavy (non-hydrogen) atoms. The van der Waals surface area contributed by atoms with Gasteiger partial charge in [-0.05, 0) is 36.4 Å². The van der Waals surface area contributed by atoms with Crippen molar-refractivity contribution >= 4 is 16.9 Å². The Morgan fingerprint density at radius 2 is 2.00 bits per heavy atom. The van der Waals surface area contributed by atoms with Crippen molar-refractivity contribution in [1.29, 1.82) is 0 Å². The van der Waals surface area contributed by atoms with Crippen molar-refractivity contribution in [2.75, 3.05) is 5.73 Å². The van der Waals surface area contributed by atoms with Gasteiger partial charge in [0.2, 0.25) is 5.95 Å². The molecule has 0 unspecified atom stereocenters. The number of phenols is 1. The molecule has 108 valence electrons. The second-order valence-electron chi connectivity index (χ2n) is 4.88. The first-order valence-corrected chi connectivity index (χ1v) is 6.69. The smallest absolute Gasteiger partial charge is 0.222 e. The molecule has 4 rings (SSSR count). The summed E-state index contributed by atoms with van der Waals surface area (Å²) in [4.78, 5) is 8.48. The van der Waals surface area contributed by atoms with E-state index in [2.05, 4.69) is 9.97 Å². The van der Waals surface area contributed by atoms with Gasteiger partial charge in [-0.1, -0.05) is 0 Å². The highest BCUT2D eigenvalue weighted by Crippen LogP contribution is 2.26. The number of fused-ring (bicyclic) bond motifs is 1. The Balaban J connectivity index is 1.91. The summed E-state index contributed by atoms with van der Waals surface area (Å²) in [5, 5.41) is 10.5. The predicted molar refractivity (Wildman–Crippen MR) is 82.6 cm³/mol. The summed E-state index contributed by atoms with van der Waals surface area (Å²) in [5.41, 5.74) is 7.36. The zero-order valence-corrected chi connectivity index (χ0v) is 11.5. The molecule has 0 bridgehead atoms. The summed E-state index contributed by atoms with van der Waals surface area (Å²) in [6, 6.07) is 12.5. The molecule has 0 aliphatic carbocycles. The number of rotatable bonds is 2. The summed E-state index contributed by atoms with van der Waals surface area (Å²) in [5.74, 6) is 1.66. The Morgan fingerprint density at radius 1 is 1.09 bits per heavy atom. The first kappa shape index (κ1) is 12.5. The number of nitrogen functional groups attached to an aromatic ring is 1. The van der Waals surface area contributed by atoms with Gasteiger partial charge in [-0.3, -0.25) is 0 Å². The lowest BCUT2D eigenvalue weighted by Crippen LogP contribution is -2.03. The Morgan fingerprint density at radius 3 is 2.82 bits per heavy atom. The van der Waals surface area contributed by atoms with E-state index in [0.29, 0.717) is 17.3 Å². The molecule has 0 amide bonds. The van der Waals surface area contributed by atoms with Gasteiger partial charge in [0.15, 0.2) is 5.76 Å². The van der Waals surface area contributed by atoms with Crippen molar-refractivity contribution < 1.29 is 9.52 Å². The molecule has 6 heteroatoms. The number of nitrogens with two attached hydrogens (primary N) is 1. The first-order valence-electron chi connectivity index (χ1n) is 6.69. The average molecular weight is 292 g/mol. The van der Waals surface area contributed by atoms with E-state index in [1.807, 2.05) is 35.0 Å². The minimum atomic E-state index is 0.171. The Labute approximate surface area is 125 Å². The second-order valence-corrected chi connectivity index (χ2v) is 4.88. The van der Waals surface area contributed by atoms with Crippen LogP contribution in [-0.2, 0) is 0 Å². The zero-order chi connectivity index (χ0) is 15.1. The van der Waals surface area contributed by atoms with Crippen molar-refractivity contribution in [2.45, 2.75) is 0 Å². The fourth-order valence-corrected chi connectivity index (χ4v) is 2.46. The van der Waals surface area contributed by atoms with E-state index in [9.17, 15) is 5.11 Å². The number of anilines is 1. The fourth-order valence-electron chi connectivity index (χ4n) is 2.46. The van der Waals surface area contributed by atoms with E-state index in [1.54, 1.807) is 24.5 Å². The topological polar surface area (TPSA) is 90.1 Å². The average Bonchev–Trinajstić information content (AvgIpc) is 3.15. The number of aromatic nitrogens is 3. The molecule has 0 fully saturated rings. The van der Waals surface area contributed by atoms with Gasteiger partial charge in [0, 0.05) is 17.6 Å². The second kappa shape index (κ2) is 4.63. The molecule has 1 aromatic carbocycles. The van der Waals surface area contributed by atoms with E-state index in [1.165, 1.54) is 0 Å². The third kappa shape index (κ3) is 1.98. The summed E-state index contributed by atoms with van der Waals surface area (Å²) in [7, 11) is 0. The number of aromatic hydroxyl groups is 1. The number of benzene rings is 1. The molecule has 0 saturated carbocycles. The first-order chi connectivity index (χ1) is 10.7. The SMILES string of the molecule is Nc1nc(-c2ccco2)cc(-n2ccc3cc(O)ccc32)n1. The number of hydrogen-bond acceptors (Lipinski definition) is 5. The van der Waals surface area contributed by atoms with Gasteiger partial charge in [0.05, 0.1) is 11.8 Å². The van der Waals surface area contributed by atoms with Crippen LogP contribution < -0.4 is 5.73 Å². The van der Waals surface area contributed by atoms with Crippen LogP contribution >= 0.6 is 0 Å². The van der Waals surface area contributed by atoms with Crippen molar-refractivity contribution in [2.24, 2.45) is 0 Å². The zero-order valence-electron chi connectivity index (χ0n) is 11.5. The molecule has 0 spiro atoms. The Bertz CT molecular complexity index is 958. The molecule has 0 aliphatic heterocycles. The van der Waals surface area contributed by atoms with Crippen LogP contribution in [0.25, 0.3) is 28.2 Å². The van der Waals surface area contributed by atoms with Crippen molar-refractivity contribution in [3.63, 3.8) is 0 Å². The van der Waals surface area contributed by atoms with Gasteiger partial charge in [-0.25, -0.2) is 4.98 Å². The van der Waals surface area contributed by atoms with E-state index < -0.39 is 0 Å². The number of hydrogen-bond donors (Lipinski definition) is 2. The van der Waals surface area contributed by atoms with E-state index >= 15 is 0 Å². The van der Waals surface area contributed by atoms with Crippen molar-refractivity contribution in [1.82, 2.24) is 14.5 Å². The van der Waals surface area contributed by atoms with Gasteiger partial charge in [-0.15, -0.1) is 0 Å². The Hall–Kier alpha value is -3.28. The minimum Gasteiger partial charge on any atom is -0.508 e. The Kier molecular flexibility index (Phi) is 2.62. The monoisotopic (exact) mass is 292 g/mol. The maximum absolute atomic E-state index is 9.56. The van der Waals surface area contributed by atoms with E-state index in [0.717, 1.165) is 10.9 Å². The fraction of sp³-hybridized carbons (Fsp3) is 0. The lowest BCUT2D eigenvalue weighted by molar-refractivity contribution is 0.476. The molecule has 6 nitrogen and oxygen atoms in total. The summed E-state index contributed by atoms with van der Waals surface area (Å²) in [6.45, 7) is 0. The van der Waals surface area contributed by atoms with E-state index in [4.69, 9.17) is 10.2 Å². The highest BCUT2D eigenvalue weighted by atomic mass is 16.3. The largest absolute Gasteiger partial charge is 0.508 e. The highest BCUT2D eigenvalue weighted by Gasteiger charge is 2.10. The predicted octanol–water partition coefficient (Wildman–Crippen LogP) is 2.97. The van der Waals surface area contributed by atoms with Crippen LogP contribution in [0.15, 0.2) is 59.3 Å². The van der Waals surface area contributed by atoms with Crippen LogP contribution in [-0.4, -0.2) is 19.6 Å². The van der Waals surface area contributed by atoms with Crippen molar-refractivity contribution in [3.05, 3.63) is 54.9 Å². The lowest BCUT2D eigenvalue weighted by atomic mass is 10.2. The van der Waals surface area contributed by atoms with Crippen LogP contribution in [0.2, 0.25) is 0 Å². The maximum atomic E-state index is 9.56. The molecule has 0 atom stereocenters. The molecule has 0 saturated heterocycles. The molecular formula is C16H12N4O2. The van der Waals surface area contributed by atoms with Gasteiger partial charge in [0.25, 0.3) is 0 Å². The molecule has 3 aromatic heterocycles. The van der Waals surface area contributed by atoms with Crippen LogP contribution in [0.5, 0.6) is 5.75 Å². The van der Waals surface area contributed by atoms with Crippen LogP contribution in [0, 0.1) is 0 Å². The minimum absolute atomic E-state index is 0.171. The van der Waals surface area contributed by atoms with Gasteiger partial charge in [0.1, 0.15) is 17.3 Å². The van der Waals surface area contributed by atoms with Crippen molar-refractivity contribution in [3.8, 4) is 23.0 Å². The third-order valence-electron chi connectivity index (χ3n) is 3.42. The molecule has 3 heterocycles. The molecule has 3 N–H and O–H groups in total. The summed E-state index contributed by atoms with van der Waals surface area (Å²) in [6.07, 6.45) is 3.46. The molecule has 0 aliphatic rings. The standard InChI is InChI=1S/C16H12N4O2/c17-16-18-12(14-2-1-7-22-14)9-15(19-16)20-6-5-10-8-11(21)3-4-13(10)20/h1-9,21H,(H2,17,18,19). The molecular weight excluding hydrogens is 280 g/mol. The number of furan rings is 1. The normalized spacial score (nSPS) is 11.1. The van der Waals surface area contributed by atoms with Crippen LogP contribution in [0.3, 0.4) is 0 Å². The third-order valence-corrected chi connectivity index (χ3v) is 3.42. The van der Waals surface area contributed by atoms with Gasteiger partial charge < -0.3 is 19.8 Å². The molecule has 0 radical (unpaired) electrons. The van der Waals surface area contributed by atoms with Gasteiger partial charge in [-0.2, -0.15) is 4.98 Å².